The average Bonchev–Trinajstić information content (AvgIpc) is 2.78. The predicted octanol–water partition coefficient (Wildman–Crippen LogP) is 5.09. The van der Waals surface area contributed by atoms with Gasteiger partial charge in [-0.1, -0.05) is 94.8 Å². The molecule has 0 aliphatic heterocycles. The largest absolute Gasteiger partial charge is 0.347 e. The molecule has 0 spiro atoms. The van der Waals surface area contributed by atoms with Crippen LogP contribution in [-0.2, 0) is 11.3 Å². The van der Waals surface area contributed by atoms with Crippen LogP contribution in [0.25, 0.3) is 6.08 Å². The third-order valence-corrected chi connectivity index (χ3v) is 4.72. The Kier molecular flexibility index (Phi) is 7.75. The number of rotatable bonds is 7. The molecule has 0 aliphatic carbocycles. The lowest BCUT2D eigenvalue weighted by Gasteiger charge is -2.11. The highest BCUT2D eigenvalue weighted by Crippen LogP contribution is 2.12. The van der Waals surface area contributed by atoms with Gasteiger partial charge in [-0.05, 0) is 35.4 Å². The van der Waals surface area contributed by atoms with Crippen molar-refractivity contribution in [2.75, 3.05) is 0 Å². The minimum atomic E-state index is -0.361. The monoisotopic (exact) mass is 460 g/mol. The highest BCUT2D eigenvalue weighted by Gasteiger charge is 2.14. The fourth-order valence-electron chi connectivity index (χ4n) is 2.69. The van der Waals surface area contributed by atoms with Crippen molar-refractivity contribution in [2.24, 2.45) is 0 Å². The fraction of sp³-hybridized carbons (Fsp3) is 0.0400. The standard InChI is InChI=1S/C25H21BrN2O2/c26-22-15-8-14-21(17-22)24(29)28-23(16-7-13-19-9-3-1-4-10-19)25(30)27-18-20-11-5-2-6-12-20/h1-17H,18H2,(H,27,30)(H,28,29)/b13-7+,23-16+. The van der Waals surface area contributed by atoms with Gasteiger partial charge in [-0.2, -0.15) is 0 Å². The minimum Gasteiger partial charge on any atom is -0.347 e. The number of carbonyl (C=O) groups excluding carboxylic acids is 2. The predicted molar refractivity (Wildman–Crippen MR) is 123 cm³/mol. The lowest BCUT2D eigenvalue weighted by atomic mass is 10.2. The minimum absolute atomic E-state index is 0.170. The summed E-state index contributed by atoms with van der Waals surface area (Å²) in [6.45, 7) is 0.367. The molecule has 3 rings (SSSR count). The summed E-state index contributed by atoms with van der Waals surface area (Å²) in [6.07, 6.45) is 5.22. The van der Waals surface area contributed by atoms with Crippen molar-refractivity contribution >= 4 is 33.8 Å². The van der Waals surface area contributed by atoms with Gasteiger partial charge in [-0.15, -0.1) is 0 Å². The smallest absolute Gasteiger partial charge is 0.268 e. The molecule has 0 saturated carbocycles. The summed E-state index contributed by atoms with van der Waals surface area (Å²) in [5, 5.41) is 5.57. The van der Waals surface area contributed by atoms with Gasteiger partial charge in [0, 0.05) is 16.6 Å². The van der Waals surface area contributed by atoms with Crippen molar-refractivity contribution in [1.82, 2.24) is 10.6 Å². The number of benzene rings is 3. The second-order valence-corrected chi connectivity index (χ2v) is 7.40. The average molecular weight is 461 g/mol. The van der Waals surface area contributed by atoms with Crippen LogP contribution in [0.2, 0.25) is 0 Å². The molecule has 4 nitrogen and oxygen atoms in total. The first-order valence-corrected chi connectivity index (χ1v) is 10.2. The van der Waals surface area contributed by atoms with Crippen molar-refractivity contribution in [2.45, 2.75) is 6.54 Å². The first-order chi connectivity index (χ1) is 14.6. The summed E-state index contributed by atoms with van der Waals surface area (Å²) < 4.78 is 0.790. The van der Waals surface area contributed by atoms with Crippen molar-refractivity contribution < 1.29 is 9.59 Å². The van der Waals surface area contributed by atoms with Crippen LogP contribution in [0.15, 0.2) is 107 Å². The van der Waals surface area contributed by atoms with Crippen molar-refractivity contribution in [1.29, 1.82) is 0 Å². The zero-order valence-electron chi connectivity index (χ0n) is 16.2. The molecule has 0 heterocycles. The van der Waals surface area contributed by atoms with E-state index in [4.69, 9.17) is 0 Å². The van der Waals surface area contributed by atoms with E-state index in [1.54, 1.807) is 30.4 Å². The maximum absolute atomic E-state index is 12.8. The number of carbonyl (C=O) groups is 2. The molecule has 2 N–H and O–H groups in total. The number of hydrogen-bond acceptors (Lipinski definition) is 2. The third-order valence-electron chi connectivity index (χ3n) is 4.23. The Morgan fingerprint density at radius 1 is 0.867 bits per heavy atom. The summed E-state index contributed by atoms with van der Waals surface area (Å²) in [6, 6.07) is 26.3. The topological polar surface area (TPSA) is 58.2 Å². The van der Waals surface area contributed by atoms with Gasteiger partial charge < -0.3 is 10.6 Å². The second-order valence-electron chi connectivity index (χ2n) is 6.48. The zero-order chi connectivity index (χ0) is 21.2. The van der Waals surface area contributed by atoms with Crippen LogP contribution in [-0.4, -0.2) is 11.8 Å². The molecule has 0 unspecified atom stereocenters. The lowest BCUT2D eigenvalue weighted by molar-refractivity contribution is -0.118. The molecule has 3 aromatic rings. The Hall–Kier alpha value is -3.44. The molecule has 5 heteroatoms. The van der Waals surface area contributed by atoms with Crippen LogP contribution in [0.3, 0.4) is 0 Å². The molecule has 0 bridgehead atoms. The number of halogens is 1. The van der Waals surface area contributed by atoms with Crippen molar-refractivity contribution in [3.05, 3.63) is 124 Å². The maximum Gasteiger partial charge on any atom is 0.268 e. The van der Waals surface area contributed by atoms with Crippen molar-refractivity contribution in [3.63, 3.8) is 0 Å². The Morgan fingerprint density at radius 2 is 1.57 bits per heavy atom. The van der Waals surface area contributed by atoms with Gasteiger partial charge in [0.2, 0.25) is 0 Å². The van der Waals surface area contributed by atoms with Crippen molar-refractivity contribution in [3.8, 4) is 0 Å². The number of allylic oxidation sites excluding steroid dienone is 2. The molecule has 0 aromatic heterocycles. The van der Waals surface area contributed by atoms with E-state index in [1.807, 2.05) is 72.8 Å². The molecule has 2 amide bonds. The van der Waals surface area contributed by atoms with Crippen LogP contribution in [0.4, 0.5) is 0 Å². The normalized spacial score (nSPS) is 11.3. The van der Waals surface area contributed by atoms with E-state index in [0.717, 1.165) is 15.6 Å². The van der Waals surface area contributed by atoms with Gasteiger partial charge in [0.15, 0.2) is 0 Å². The first-order valence-electron chi connectivity index (χ1n) is 9.44. The fourth-order valence-corrected chi connectivity index (χ4v) is 3.09. The van der Waals surface area contributed by atoms with Gasteiger partial charge in [0.05, 0.1) is 0 Å². The molecule has 0 fully saturated rings. The van der Waals surface area contributed by atoms with Gasteiger partial charge >= 0.3 is 0 Å². The van der Waals surface area contributed by atoms with Crippen LogP contribution >= 0.6 is 15.9 Å². The highest BCUT2D eigenvalue weighted by molar-refractivity contribution is 9.10. The van der Waals surface area contributed by atoms with Gasteiger partial charge in [-0.3, -0.25) is 9.59 Å². The van der Waals surface area contributed by atoms with E-state index in [0.29, 0.717) is 12.1 Å². The Balaban J connectivity index is 1.76. The van der Waals surface area contributed by atoms with E-state index in [-0.39, 0.29) is 17.5 Å². The Bertz CT molecular complexity index is 1060. The number of nitrogens with one attached hydrogen (secondary N) is 2. The number of hydrogen-bond donors (Lipinski definition) is 2. The molecule has 0 aliphatic rings. The molecule has 30 heavy (non-hydrogen) atoms. The van der Waals surface area contributed by atoms with Crippen LogP contribution < -0.4 is 10.6 Å². The van der Waals surface area contributed by atoms with Gasteiger partial charge in [0.1, 0.15) is 5.70 Å². The summed E-state index contributed by atoms with van der Waals surface area (Å²) >= 11 is 3.36. The number of amides is 2. The first kappa shape index (κ1) is 21.3. The van der Waals surface area contributed by atoms with Crippen LogP contribution in [0.1, 0.15) is 21.5 Å². The second kappa shape index (κ2) is 10.9. The quantitative estimate of drug-likeness (QED) is 0.380. The molecule has 0 saturated heterocycles. The summed E-state index contributed by atoms with van der Waals surface area (Å²) in [7, 11) is 0. The van der Waals surface area contributed by atoms with Gasteiger partial charge in [0.25, 0.3) is 11.8 Å². The van der Waals surface area contributed by atoms with E-state index in [1.165, 1.54) is 0 Å². The molecule has 0 atom stereocenters. The van der Waals surface area contributed by atoms with Crippen LogP contribution in [0, 0.1) is 0 Å². The van der Waals surface area contributed by atoms with Crippen LogP contribution in [0.5, 0.6) is 0 Å². The summed E-state index contributed by atoms with van der Waals surface area (Å²) in [4.78, 5) is 25.4. The van der Waals surface area contributed by atoms with E-state index >= 15 is 0 Å². The third kappa shape index (κ3) is 6.57. The van der Waals surface area contributed by atoms with E-state index < -0.39 is 0 Å². The van der Waals surface area contributed by atoms with E-state index in [2.05, 4.69) is 26.6 Å². The zero-order valence-corrected chi connectivity index (χ0v) is 17.8. The Morgan fingerprint density at radius 3 is 2.27 bits per heavy atom. The molecular formula is C25H21BrN2O2. The molecule has 3 aromatic carbocycles. The lowest BCUT2D eigenvalue weighted by Crippen LogP contribution is -2.34. The van der Waals surface area contributed by atoms with Gasteiger partial charge in [-0.25, -0.2) is 0 Å². The summed E-state index contributed by atoms with van der Waals surface area (Å²) in [5.41, 5.74) is 2.60. The highest BCUT2D eigenvalue weighted by atomic mass is 79.9. The summed E-state index contributed by atoms with van der Waals surface area (Å²) in [5.74, 6) is -0.717. The molecule has 0 radical (unpaired) electrons. The molecule has 150 valence electrons. The maximum atomic E-state index is 12.8. The Labute approximate surface area is 184 Å². The van der Waals surface area contributed by atoms with E-state index in [9.17, 15) is 9.59 Å². The molecular weight excluding hydrogens is 440 g/mol. The SMILES string of the molecule is O=C(NCc1ccccc1)/C(=C\C=C\c1ccccc1)NC(=O)c1cccc(Br)c1.